The van der Waals surface area contributed by atoms with Crippen molar-refractivity contribution in [3.63, 3.8) is 0 Å². The van der Waals surface area contributed by atoms with Crippen molar-refractivity contribution in [3.05, 3.63) is 42.2 Å². The van der Waals surface area contributed by atoms with Gasteiger partial charge in [0.2, 0.25) is 0 Å². The number of amides is 1. The Labute approximate surface area is 138 Å². The predicted molar refractivity (Wildman–Crippen MR) is 88.3 cm³/mol. The van der Waals surface area contributed by atoms with E-state index >= 15 is 0 Å². The maximum Gasteiger partial charge on any atom is 0.315 e. The average Bonchev–Trinajstić information content (AvgIpc) is 2.95. The van der Waals surface area contributed by atoms with Crippen LogP contribution in [0.1, 0.15) is 10.6 Å². The molecule has 1 aromatic carbocycles. The van der Waals surface area contributed by atoms with Crippen molar-refractivity contribution in [3.8, 4) is 17.1 Å². The number of carbonyl (C=O) groups is 1. The molecular formula is C14H17N3O6S. The second-order valence-corrected chi connectivity index (χ2v) is 5.93. The van der Waals surface area contributed by atoms with Gasteiger partial charge in [-0.2, -0.15) is 13.4 Å². The Morgan fingerprint density at radius 1 is 1.17 bits per heavy atom. The number of rotatable bonds is 3. The molecule has 0 radical (unpaired) electrons. The van der Waals surface area contributed by atoms with Gasteiger partial charge >= 0.3 is 5.91 Å². The molecule has 0 bridgehead atoms. The third-order valence-corrected chi connectivity index (χ3v) is 2.42. The molecular weight excluding hydrogens is 338 g/mol. The largest absolute Gasteiger partial charge is 0.497 e. The van der Waals surface area contributed by atoms with E-state index in [2.05, 4.69) is 4.99 Å². The number of guanidine groups is 1. The van der Waals surface area contributed by atoms with Crippen molar-refractivity contribution in [2.24, 2.45) is 16.5 Å². The summed E-state index contributed by atoms with van der Waals surface area (Å²) in [6.07, 6.45) is 0.715. The molecule has 2 aromatic rings. The van der Waals surface area contributed by atoms with E-state index in [4.69, 9.17) is 25.2 Å². The summed E-state index contributed by atoms with van der Waals surface area (Å²) in [7, 11) is -2.08. The molecule has 0 spiro atoms. The van der Waals surface area contributed by atoms with Crippen LogP contribution in [0.3, 0.4) is 0 Å². The molecule has 0 atom stereocenters. The first kappa shape index (κ1) is 19.2. The number of benzene rings is 1. The Balaban J connectivity index is 0.000000505. The third-order valence-electron chi connectivity index (χ3n) is 2.42. The predicted octanol–water partition coefficient (Wildman–Crippen LogP) is 0.873. The van der Waals surface area contributed by atoms with E-state index in [1.165, 1.54) is 6.07 Å². The first-order valence-electron chi connectivity index (χ1n) is 6.41. The van der Waals surface area contributed by atoms with E-state index in [9.17, 15) is 13.2 Å². The summed E-state index contributed by atoms with van der Waals surface area (Å²) < 4.78 is 36.3. The molecule has 10 heteroatoms. The minimum atomic E-state index is -3.67. The van der Waals surface area contributed by atoms with E-state index in [0.29, 0.717) is 12.0 Å². The number of furan rings is 1. The number of nitrogens with zero attached hydrogens (tertiary/aromatic N) is 1. The van der Waals surface area contributed by atoms with Gasteiger partial charge in [0.1, 0.15) is 11.5 Å². The summed E-state index contributed by atoms with van der Waals surface area (Å²) in [5.41, 5.74) is 11.1. The van der Waals surface area contributed by atoms with Crippen LogP contribution in [-0.4, -0.2) is 38.2 Å². The van der Waals surface area contributed by atoms with Crippen LogP contribution in [0.5, 0.6) is 5.75 Å². The van der Waals surface area contributed by atoms with Gasteiger partial charge in [-0.25, -0.2) is 0 Å². The SMILES string of the molecule is COc1ccc(-c2ccc(C(=O)N=C(N)N)o2)cc1.CS(=O)(=O)O. The van der Waals surface area contributed by atoms with Gasteiger partial charge in [-0.3, -0.25) is 9.35 Å². The van der Waals surface area contributed by atoms with Crippen molar-refractivity contribution in [2.75, 3.05) is 13.4 Å². The van der Waals surface area contributed by atoms with Crippen molar-refractivity contribution >= 4 is 22.0 Å². The molecule has 5 N–H and O–H groups in total. The van der Waals surface area contributed by atoms with Crippen molar-refractivity contribution in [2.45, 2.75) is 0 Å². The van der Waals surface area contributed by atoms with Crippen LogP contribution in [-0.2, 0) is 10.1 Å². The van der Waals surface area contributed by atoms with Crippen LogP contribution in [0.4, 0.5) is 0 Å². The number of carbonyl (C=O) groups excluding carboxylic acids is 1. The molecule has 0 saturated carbocycles. The molecule has 1 heterocycles. The van der Waals surface area contributed by atoms with E-state index in [0.717, 1.165) is 11.3 Å². The van der Waals surface area contributed by atoms with Gasteiger partial charge in [-0.15, -0.1) is 0 Å². The molecule has 0 fully saturated rings. The van der Waals surface area contributed by atoms with E-state index < -0.39 is 16.0 Å². The number of methoxy groups -OCH3 is 1. The Morgan fingerprint density at radius 3 is 2.17 bits per heavy atom. The second-order valence-electron chi connectivity index (χ2n) is 4.47. The highest BCUT2D eigenvalue weighted by Crippen LogP contribution is 2.24. The van der Waals surface area contributed by atoms with E-state index in [1.54, 1.807) is 25.3 Å². The first-order valence-corrected chi connectivity index (χ1v) is 8.25. The molecule has 0 aliphatic carbocycles. The minimum Gasteiger partial charge on any atom is -0.497 e. The minimum absolute atomic E-state index is 0.0826. The normalized spacial score (nSPS) is 10.3. The highest BCUT2D eigenvalue weighted by atomic mass is 32.2. The summed E-state index contributed by atoms with van der Waals surface area (Å²) in [6.45, 7) is 0. The van der Waals surface area contributed by atoms with E-state index in [-0.39, 0.29) is 11.7 Å². The fourth-order valence-electron chi connectivity index (χ4n) is 1.54. The van der Waals surface area contributed by atoms with Gasteiger partial charge in [0.15, 0.2) is 11.7 Å². The number of ether oxygens (including phenoxy) is 1. The summed E-state index contributed by atoms with van der Waals surface area (Å²) in [6, 6.07) is 10.5. The summed E-state index contributed by atoms with van der Waals surface area (Å²) in [5.74, 6) is 0.468. The number of hydrogen-bond acceptors (Lipinski definition) is 5. The van der Waals surface area contributed by atoms with Gasteiger partial charge in [0.05, 0.1) is 13.4 Å². The molecule has 1 aromatic heterocycles. The number of aliphatic imine (C=N–C) groups is 1. The Kier molecular flexibility index (Phi) is 6.50. The molecule has 24 heavy (non-hydrogen) atoms. The summed E-state index contributed by atoms with van der Waals surface area (Å²) >= 11 is 0. The molecule has 0 aliphatic heterocycles. The number of hydrogen-bond donors (Lipinski definition) is 3. The molecule has 1 amide bonds. The standard InChI is InChI=1S/C13H13N3O3.CH4O3S/c1-18-9-4-2-8(3-5-9)10-6-7-11(19-10)12(17)16-13(14)15;1-5(2,3)4/h2-7H,1H3,(H4,14,15,16,17);1H3,(H,2,3,4). The van der Waals surface area contributed by atoms with Gasteiger partial charge in [0.25, 0.3) is 10.1 Å². The zero-order valence-corrected chi connectivity index (χ0v) is 13.8. The lowest BCUT2D eigenvalue weighted by molar-refractivity contribution is 0.0977. The molecule has 0 unspecified atom stereocenters. The highest BCUT2D eigenvalue weighted by Gasteiger charge is 2.11. The van der Waals surface area contributed by atoms with Gasteiger partial charge < -0.3 is 20.6 Å². The lowest BCUT2D eigenvalue weighted by atomic mass is 10.2. The van der Waals surface area contributed by atoms with Crippen LogP contribution >= 0.6 is 0 Å². The van der Waals surface area contributed by atoms with Crippen LogP contribution in [0.15, 0.2) is 45.8 Å². The molecule has 130 valence electrons. The van der Waals surface area contributed by atoms with Crippen LogP contribution in [0, 0.1) is 0 Å². The highest BCUT2D eigenvalue weighted by molar-refractivity contribution is 7.85. The number of nitrogens with two attached hydrogens (primary N) is 2. The molecule has 0 aliphatic rings. The Morgan fingerprint density at radius 2 is 1.71 bits per heavy atom. The molecule has 2 rings (SSSR count). The van der Waals surface area contributed by atoms with Gasteiger partial charge in [0, 0.05) is 5.56 Å². The third kappa shape index (κ3) is 6.94. The average molecular weight is 355 g/mol. The fraction of sp³-hybridized carbons (Fsp3) is 0.143. The van der Waals surface area contributed by atoms with E-state index in [1.807, 2.05) is 12.1 Å². The summed E-state index contributed by atoms with van der Waals surface area (Å²) in [5, 5.41) is 0. The zero-order valence-electron chi connectivity index (χ0n) is 13.0. The van der Waals surface area contributed by atoms with Crippen molar-refractivity contribution in [1.29, 1.82) is 0 Å². The maximum atomic E-state index is 11.5. The lowest BCUT2D eigenvalue weighted by Crippen LogP contribution is -2.24. The topological polar surface area (TPSA) is 158 Å². The molecule has 9 nitrogen and oxygen atoms in total. The Bertz CT molecular complexity index is 812. The quantitative estimate of drug-likeness (QED) is 0.415. The van der Waals surface area contributed by atoms with Crippen LogP contribution in [0.25, 0.3) is 11.3 Å². The fourth-order valence-corrected chi connectivity index (χ4v) is 1.54. The lowest BCUT2D eigenvalue weighted by Gasteiger charge is -2.00. The van der Waals surface area contributed by atoms with Crippen molar-refractivity contribution < 1.29 is 26.9 Å². The maximum absolute atomic E-state index is 11.5. The second kappa shape index (κ2) is 8.13. The monoisotopic (exact) mass is 355 g/mol. The summed E-state index contributed by atoms with van der Waals surface area (Å²) in [4.78, 5) is 14.9. The zero-order chi connectivity index (χ0) is 18.3. The molecule has 0 saturated heterocycles. The first-order chi connectivity index (χ1) is 11.1. The Hall–Kier alpha value is -2.85. The van der Waals surface area contributed by atoms with Crippen LogP contribution < -0.4 is 16.2 Å². The van der Waals surface area contributed by atoms with Crippen LogP contribution in [0.2, 0.25) is 0 Å². The van der Waals surface area contributed by atoms with Gasteiger partial charge in [-0.05, 0) is 36.4 Å². The van der Waals surface area contributed by atoms with Crippen molar-refractivity contribution in [1.82, 2.24) is 0 Å². The smallest absolute Gasteiger partial charge is 0.315 e. The van der Waals surface area contributed by atoms with Gasteiger partial charge in [-0.1, -0.05) is 0 Å².